The van der Waals surface area contributed by atoms with Crippen LogP contribution in [0.15, 0.2) is 0 Å². The minimum Gasteiger partial charge on any atom is -0.354 e. The van der Waals surface area contributed by atoms with E-state index in [1.165, 1.54) is 19.6 Å². The number of rotatable bonds is 20. The van der Waals surface area contributed by atoms with Gasteiger partial charge in [-0.1, -0.05) is 0 Å². The van der Waals surface area contributed by atoms with Crippen LogP contribution >= 0.6 is 0 Å². The predicted molar refractivity (Wildman–Crippen MR) is 245 cm³/mol. The van der Waals surface area contributed by atoms with E-state index in [2.05, 4.69) is 42.5 Å². The molecule has 4 saturated heterocycles. The van der Waals surface area contributed by atoms with Crippen molar-refractivity contribution in [1.82, 2.24) is 42.5 Å². The lowest BCUT2D eigenvalue weighted by Crippen LogP contribution is -3.15. The zero-order valence-electron chi connectivity index (χ0n) is 38.7. The lowest BCUT2D eigenvalue weighted by Gasteiger charge is -2.20. The SMILES string of the molecule is [B][C@H]1C[C@@H](C(=O)NC)[NH+](CCCNC)C1.[B][C@H]1C[C@@H](C(=O)NC)[NH+](CCCNC)C1.[B][C@H]1C[C@@H](C(=O)NC)[NH+](CCCNC)C1.[B][C@H]1C[C@@H](C(=O)NC)[NH+](CCCNC)C1. The molecular weight excluding hydrogens is 756 g/mol. The second-order valence-electron chi connectivity index (χ2n) is 16.9. The largest absolute Gasteiger partial charge is 0.354 e. The van der Waals surface area contributed by atoms with Gasteiger partial charge in [-0.3, -0.25) is 19.2 Å². The van der Waals surface area contributed by atoms with E-state index in [1.807, 2.05) is 28.2 Å². The number of carbonyl (C=O) groups is 4. The first-order valence-corrected chi connectivity index (χ1v) is 22.6. The zero-order chi connectivity index (χ0) is 45.0. The molecule has 0 aliphatic carbocycles. The van der Waals surface area contributed by atoms with Crippen molar-refractivity contribution >= 4 is 55.0 Å². The molecule has 0 bridgehead atoms. The molecule has 0 aromatic carbocycles. The molecule has 336 valence electrons. The highest BCUT2D eigenvalue weighted by Crippen LogP contribution is 2.14. The number of carbonyl (C=O) groups excluding carboxylic acids is 4. The highest BCUT2D eigenvalue weighted by Gasteiger charge is 2.40. The number of hydrogen-bond acceptors (Lipinski definition) is 8. The van der Waals surface area contributed by atoms with Crippen molar-refractivity contribution in [1.29, 1.82) is 0 Å². The van der Waals surface area contributed by atoms with Gasteiger partial charge in [0, 0.05) is 106 Å². The smallest absolute Gasteiger partial charge is 0.278 e. The highest BCUT2D eigenvalue weighted by atomic mass is 16.2. The maximum Gasteiger partial charge on any atom is 0.278 e. The van der Waals surface area contributed by atoms with Gasteiger partial charge >= 0.3 is 0 Å². The molecular formula is C40H84B4N12O4+4. The summed E-state index contributed by atoms with van der Waals surface area (Å²) in [5, 5.41) is 23.3. The van der Waals surface area contributed by atoms with Gasteiger partial charge in [0.2, 0.25) is 0 Å². The summed E-state index contributed by atoms with van der Waals surface area (Å²) in [7, 11) is 38.1. The van der Waals surface area contributed by atoms with Crippen molar-refractivity contribution < 1.29 is 38.8 Å². The van der Waals surface area contributed by atoms with Gasteiger partial charge < -0.3 is 62.1 Å². The number of hydrogen-bond donors (Lipinski definition) is 12. The fourth-order valence-electron chi connectivity index (χ4n) is 9.07. The third-order valence-corrected chi connectivity index (χ3v) is 12.2. The van der Waals surface area contributed by atoms with E-state index in [9.17, 15) is 19.2 Å². The summed E-state index contributed by atoms with van der Waals surface area (Å²) in [6, 6.07) is 0.229. The van der Waals surface area contributed by atoms with E-state index in [0.29, 0.717) is 0 Å². The topological polar surface area (TPSA) is 182 Å². The standard InChI is InChI=1S/4C10H20BN3O/c4*1-12-4-3-5-14-7-8(11)6-9(14)10(15)13-2/h4*8-9,12H,3-7H2,1-2H3,(H,13,15)/p+4/t4*8-,9-/m0000/s1. The number of quaternary nitrogens is 4. The number of nitrogens with one attached hydrogen (secondary N) is 12. The summed E-state index contributed by atoms with van der Waals surface area (Å²) in [6.45, 7) is 11.8. The predicted octanol–water partition coefficient (Wildman–Crippen LogP) is -8.18. The van der Waals surface area contributed by atoms with Crippen LogP contribution in [0.5, 0.6) is 0 Å². The number of likely N-dealkylation sites (N-methyl/N-ethyl adjacent to an activating group) is 4. The second kappa shape index (κ2) is 32.5. The monoisotopic (exact) mass is 841 g/mol. The normalized spacial score (nSPS) is 30.4. The first-order chi connectivity index (χ1) is 28.7. The maximum atomic E-state index is 11.6. The third kappa shape index (κ3) is 20.8. The van der Waals surface area contributed by atoms with Gasteiger partial charge in [0.25, 0.3) is 23.6 Å². The maximum absolute atomic E-state index is 11.6. The molecule has 8 radical (unpaired) electrons. The molecule has 4 unspecified atom stereocenters. The summed E-state index contributed by atoms with van der Waals surface area (Å²) in [5.74, 6) is 1.22. The average molecular weight is 840 g/mol. The first-order valence-electron chi connectivity index (χ1n) is 22.6. The van der Waals surface area contributed by atoms with E-state index < -0.39 is 0 Å². The Morgan fingerprint density at radius 2 is 0.567 bits per heavy atom. The van der Waals surface area contributed by atoms with Crippen LogP contribution in [0.1, 0.15) is 51.4 Å². The van der Waals surface area contributed by atoms with Crippen molar-refractivity contribution in [2.75, 3.05) is 135 Å². The molecule has 4 fully saturated rings. The van der Waals surface area contributed by atoms with E-state index >= 15 is 0 Å². The first kappa shape index (κ1) is 55.8. The Morgan fingerprint density at radius 3 is 0.717 bits per heavy atom. The van der Waals surface area contributed by atoms with Crippen LogP contribution in [0, 0.1) is 0 Å². The Hall–Kier alpha value is -2.18. The van der Waals surface area contributed by atoms with Crippen molar-refractivity contribution in [3.63, 3.8) is 0 Å². The molecule has 0 spiro atoms. The molecule has 12 N–H and O–H groups in total. The van der Waals surface area contributed by atoms with Crippen LogP contribution in [-0.2, 0) is 19.2 Å². The Kier molecular flexibility index (Phi) is 30.2. The minimum absolute atomic E-state index is 0.0573. The van der Waals surface area contributed by atoms with E-state index in [1.54, 1.807) is 28.2 Å². The third-order valence-electron chi connectivity index (χ3n) is 12.2. The van der Waals surface area contributed by atoms with E-state index in [0.717, 1.165) is 130 Å². The molecule has 4 aliphatic rings. The molecule has 60 heavy (non-hydrogen) atoms. The molecule has 0 aromatic heterocycles. The Balaban J connectivity index is 0.000000400. The van der Waals surface area contributed by atoms with Crippen LogP contribution in [0.2, 0.25) is 23.3 Å². The Bertz CT molecular complexity index is 1030. The Labute approximate surface area is 369 Å². The number of likely N-dealkylation sites (tertiary alicyclic amines) is 4. The summed E-state index contributed by atoms with van der Waals surface area (Å²) in [6.07, 6.45) is 7.61. The average Bonchev–Trinajstić information content (AvgIpc) is 4.02. The van der Waals surface area contributed by atoms with Crippen molar-refractivity contribution in [3.8, 4) is 0 Å². The van der Waals surface area contributed by atoms with Gasteiger partial charge in [-0.25, -0.2) is 0 Å². The fourth-order valence-corrected chi connectivity index (χ4v) is 9.07. The van der Waals surface area contributed by atoms with Crippen molar-refractivity contribution in [2.45, 2.75) is 98.8 Å². The summed E-state index contributed by atoms with van der Waals surface area (Å²) >= 11 is 0. The summed E-state index contributed by atoms with van der Waals surface area (Å²) in [5.41, 5.74) is 0. The molecule has 12 atom stereocenters. The van der Waals surface area contributed by atoms with Gasteiger partial charge in [-0.2, -0.15) is 0 Å². The molecule has 0 saturated carbocycles. The highest BCUT2D eigenvalue weighted by molar-refractivity contribution is 6.13. The second-order valence-corrected chi connectivity index (χ2v) is 16.9. The quantitative estimate of drug-likeness (QED) is 0.0422. The molecule has 4 aliphatic heterocycles. The zero-order valence-corrected chi connectivity index (χ0v) is 38.7. The molecule has 16 nitrogen and oxygen atoms in total. The lowest BCUT2D eigenvalue weighted by atomic mass is 9.85. The summed E-state index contributed by atoms with van der Waals surface area (Å²) < 4.78 is 0. The van der Waals surface area contributed by atoms with Crippen molar-refractivity contribution in [3.05, 3.63) is 0 Å². The minimum atomic E-state index is 0.0573. The molecule has 4 rings (SSSR count). The molecule has 20 heteroatoms. The van der Waals surface area contributed by atoms with Gasteiger partial charge in [0.1, 0.15) is 0 Å². The van der Waals surface area contributed by atoms with Crippen LogP contribution in [0.25, 0.3) is 0 Å². The van der Waals surface area contributed by atoms with E-state index in [4.69, 9.17) is 31.4 Å². The lowest BCUT2D eigenvalue weighted by molar-refractivity contribution is -0.903. The van der Waals surface area contributed by atoms with Crippen molar-refractivity contribution in [2.24, 2.45) is 0 Å². The van der Waals surface area contributed by atoms with Gasteiger partial charge in [0.15, 0.2) is 24.2 Å². The molecule has 0 aromatic rings. The van der Waals surface area contributed by atoms with Gasteiger partial charge in [-0.05, 0) is 51.5 Å². The van der Waals surface area contributed by atoms with Crippen LogP contribution < -0.4 is 62.1 Å². The van der Waals surface area contributed by atoms with Gasteiger partial charge in [0.05, 0.1) is 83.7 Å². The van der Waals surface area contributed by atoms with E-state index in [-0.39, 0.29) is 71.1 Å². The number of amides is 4. The summed E-state index contributed by atoms with van der Waals surface area (Å²) in [4.78, 5) is 51.7. The molecule has 4 amide bonds. The Morgan fingerprint density at radius 1 is 0.383 bits per heavy atom. The van der Waals surface area contributed by atoms with Crippen LogP contribution in [0.4, 0.5) is 0 Å². The van der Waals surface area contributed by atoms with Crippen LogP contribution in [0.3, 0.4) is 0 Å². The van der Waals surface area contributed by atoms with Crippen LogP contribution in [-0.4, -0.2) is 214 Å². The molecule has 4 heterocycles. The fraction of sp³-hybridized carbons (Fsp3) is 0.900. The van der Waals surface area contributed by atoms with Gasteiger partial charge in [-0.15, -0.1) is 0 Å².